The maximum Gasteiger partial charge on any atom is 0.290 e. The molecule has 0 unspecified atom stereocenters. The number of ether oxygens (including phenoxy) is 1. The zero-order valence-electron chi connectivity index (χ0n) is 11.7. The first-order valence-corrected chi connectivity index (χ1v) is 6.69. The van der Waals surface area contributed by atoms with Crippen LogP contribution in [-0.4, -0.2) is 47.8 Å². The van der Waals surface area contributed by atoms with Gasteiger partial charge < -0.3 is 19.2 Å². The highest BCUT2D eigenvalue weighted by atomic mass is 16.5. The van der Waals surface area contributed by atoms with E-state index in [2.05, 4.69) is 0 Å². The standard InChI is InChI=1S/C14H21NO4/c1-4-11-5-9(2)13(19-11)14(17)15-6-12(7-16)18-8-10(15)3/h5,10,12,16H,4,6-8H2,1-3H3/t10-,12-/m1/s1. The molecule has 2 rings (SSSR count). The molecule has 1 aromatic rings. The number of carbonyl (C=O) groups excluding carboxylic acids is 1. The van der Waals surface area contributed by atoms with Gasteiger partial charge in [0.2, 0.25) is 0 Å². The van der Waals surface area contributed by atoms with Crippen molar-refractivity contribution < 1.29 is 19.1 Å². The monoisotopic (exact) mass is 267 g/mol. The third kappa shape index (κ3) is 2.82. The molecular weight excluding hydrogens is 246 g/mol. The first-order valence-electron chi connectivity index (χ1n) is 6.69. The number of hydrogen-bond acceptors (Lipinski definition) is 4. The number of carbonyl (C=O) groups is 1. The second-order valence-corrected chi connectivity index (χ2v) is 5.02. The molecule has 1 aliphatic rings. The molecule has 1 amide bonds. The van der Waals surface area contributed by atoms with E-state index in [1.807, 2.05) is 26.8 Å². The fraction of sp³-hybridized carbons (Fsp3) is 0.643. The largest absolute Gasteiger partial charge is 0.456 e. The Balaban J connectivity index is 2.19. The average Bonchev–Trinajstić information content (AvgIpc) is 2.80. The van der Waals surface area contributed by atoms with Gasteiger partial charge in [0.05, 0.1) is 25.4 Å². The van der Waals surface area contributed by atoms with Crippen molar-refractivity contribution in [1.29, 1.82) is 0 Å². The zero-order valence-corrected chi connectivity index (χ0v) is 11.7. The molecule has 1 N–H and O–H groups in total. The van der Waals surface area contributed by atoms with E-state index in [0.717, 1.165) is 17.7 Å². The van der Waals surface area contributed by atoms with Crippen LogP contribution in [0.5, 0.6) is 0 Å². The summed E-state index contributed by atoms with van der Waals surface area (Å²) in [6, 6.07) is 1.90. The molecule has 106 valence electrons. The van der Waals surface area contributed by atoms with Crippen LogP contribution in [0.1, 0.15) is 35.7 Å². The molecule has 2 atom stereocenters. The van der Waals surface area contributed by atoms with E-state index in [1.165, 1.54) is 0 Å². The van der Waals surface area contributed by atoms with Crippen molar-refractivity contribution >= 4 is 5.91 Å². The van der Waals surface area contributed by atoms with Gasteiger partial charge >= 0.3 is 0 Å². The summed E-state index contributed by atoms with van der Waals surface area (Å²) in [5.74, 6) is 1.11. The van der Waals surface area contributed by atoms with Crippen LogP contribution >= 0.6 is 0 Å². The van der Waals surface area contributed by atoms with E-state index in [4.69, 9.17) is 14.3 Å². The summed E-state index contributed by atoms with van der Waals surface area (Å²) in [5.41, 5.74) is 0.862. The SMILES string of the molecule is CCc1cc(C)c(C(=O)N2C[C@H](CO)OC[C@H]2C)o1. The maximum atomic E-state index is 12.5. The van der Waals surface area contributed by atoms with Gasteiger partial charge in [-0.2, -0.15) is 0 Å². The molecule has 1 aromatic heterocycles. The molecule has 1 saturated heterocycles. The number of aliphatic hydroxyl groups is 1. The van der Waals surface area contributed by atoms with Crippen molar-refractivity contribution in [3.8, 4) is 0 Å². The van der Waals surface area contributed by atoms with Gasteiger partial charge in [-0.3, -0.25) is 4.79 Å². The normalized spacial score (nSPS) is 23.7. The van der Waals surface area contributed by atoms with Crippen molar-refractivity contribution in [2.45, 2.75) is 39.3 Å². The lowest BCUT2D eigenvalue weighted by Gasteiger charge is -2.37. The summed E-state index contributed by atoms with van der Waals surface area (Å²) < 4.78 is 11.0. The van der Waals surface area contributed by atoms with Gasteiger partial charge in [0, 0.05) is 18.5 Å². The molecule has 1 fully saturated rings. The number of rotatable bonds is 3. The first kappa shape index (κ1) is 14.1. The summed E-state index contributed by atoms with van der Waals surface area (Å²) in [7, 11) is 0. The molecule has 0 spiro atoms. The molecule has 19 heavy (non-hydrogen) atoms. The number of morpholine rings is 1. The number of aryl methyl sites for hydroxylation is 2. The Hall–Kier alpha value is -1.33. The van der Waals surface area contributed by atoms with E-state index in [0.29, 0.717) is 18.9 Å². The topological polar surface area (TPSA) is 62.9 Å². The highest BCUT2D eigenvalue weighted by Gasteiger charge is 2.32. The third-order valence-electron chi connectivity index (χ3n) is 3.48. The Labute approximate surface area is 113 Å². The van der Waals surface area contributed by atoms with Crippen LogP contribution in [-0.2, 0) is 11.2 Å². The second-order valence-electron chi connectivity index (χ2n) is 5.02. The van der Waals surface area contributed by atoms with Gasteiger partial charge in [-0.05, 0) is 19.9 Å². The summed E-state index contributed by atoms with van der Waals surface area (Å²) in [4.78, 5) is 14.2. The number of nitrogens with zero attached hydrogens (tertiary/aromatic N) is 1. The predicted molar refractivity (Wildman–Crippen MR) is 70.1 cm³/mol. The zero-order chi connectivity index (χ0) is 14.0. The summed E-state index contributed by atoms with van der Waals surface area (Å²) in [6.07, 6.45) is 0.465. The van der Waals surface area contributed by atoms with Gasteiger partial charge in [-0.1, -0.05) is 6.92 Å². The average molecular weight is 267 g/mol. The van der Waals surface area contributed by atoms with Gasteiger partial charge in [0.1, 0.15) is 5.76 Å². The summed E-state index contributed by atoms with van der Waals surface area (Å²) >= 11 is 0. The van der Waals surface area contributed by atoms with Crippen molar-refractivity contribution in [2.75, 3.05) is 19.8 Å². The van der Waals surface area contributed by atoms with Crippen LogP contribution in [0.15, 0.2) is 10.5 Å². The molecule has 0 saturated carbocycles. The van der Waals surface area contributed by atoms with E-state index in [-0.39, 0.29) is 24.7 Å². The fourth-order valence-corrected chi connectivity index (χ4v) is 2.28. The Morgan fingerprint density at radius 3 is 2.89 bits per heavy atom. The highest BCUT2D eigenvalue weighted by molar-refractivity contribution is 5.93. The molecule has 0 bridgehead atoms. The quantitative estimate of drug-likeness (QED) is 0.898. The van der Waals surface area contributed by atoms with Crippen molar-refractivity contribution in [1.82, 2.24) is 4.90 Å². The smallest absolute Gasteiger partial charge is 0.290 e. The van der Waals surface area contributed by atoms with Crippen LogP contribution in [0.2, 0.25) is 0 Å². The Morgan fingerprint density at radius 1 is 1.58 bits per heavy atom. The van der Waals surface area contributed by atoms with E-state index in [1.54, 1.807) is 4.90 Å². The number of hydrogen-bond donors (Lipinski definition) is 1. The molecule has 1 aliphatic heterocycles. The molecule has 2 heterocycles. The Bertz CT molecular complexity index is 454. The van der Waals surface area contributed by atoms with E-state index < -0.39 is 0 Å². The van der Waals surface area contributed by atoms with Gasteiger partial charge in [-0.25, -0.2) is 0 Å². The van der Waals surface area contributed by atoms with E-state index >= 15 is 0 Å². The van der Waals surface area contributed by atoms with Crippen molar-refractivity contribution in [2.24, 2.45) is 0 Å². The van der Waals surface area contributed by atoms with Crippen LogP contribution in [0, 0.1) is 6.92 Å². The third-order valence-corrected chi connectivity index (χ3v) is 3.48. The lowest BCUT2D eigenvalue weighted by atomic mass is 10.1. The molecule has 5 nitrogen and oxygen atoms in total. The second kappa shape index (κ2) is 5.75. The minimum absolute atomic E-state index is 0.00937. The van der Waals surface area contributed by atoms with Crippen molar-refractivity contribution in [3.05, 3.63) is 23.2 Å². The lowest BCUT2D eigenvalue weighted by Crippen LogP contribution is -2.52. The summed E-state index contributed by atoms with van der Waals surface area (Å²) in [5, 5.41) is 9.16. The molecule has 5 heteroatoms. The Morgan fingerprint density at radius 2 is 2.32 bits per heavy atom. The first-order chi connectivity index (χ1) is 9.06. The van der Waals surface area contributed by atoms with Gasteiger partial charge in [0.15, 0.2) is 5.76 Å². The lowest BCUT2D eigenvalue weighted by molar-refractivity contribution is -0.0674. The molecule has 0 aromatic carbocycles. The minimum atomic E-state index is -0.305. The highest BCUT2D eigenvalue weighted by Crippen LogP contribution is 2.21. The number of furan rings is 1. The summed E-state index contributed by atoms with van der Waals surface area (Å²) in [6.45, 7) is 6.57. The molecular formula is C14H21NO4. The maximum absolute atomic E-state index is 12.5. The van der Waals surface area contributed by atoms with Crippen LogP contribution in [0.3, 0.4) is 0 Å². The fourth-order valence-electron chi connectivity index (χ4n) is 2.28. The van der Waals surface area contributed by atoms with Crippen LogP contribution < -0.4 is 0 Å². The number of aliphatic hydroxyl groups excluding tert-OH is 1. The number of amides is 1. The predicted octanol–water partition coefficient (Wildman–Crippen LogP) is 1.37. The molecule has 0 radical (unpaired) electrons. The van der Waals surface area contributed by atoms with E-state index in [9.17, 15) is 4.79 Å². The Kier molecular flexibility index (Phi) is 4.27. The molecule has 0 aliphatic carbocycles. The minimum Gasteiger partial charge on any atom is -0.456 e. The van der Waals surface area contributed by atoms with Gasteiger partial charge in [0.25, 0.3) is 5.91 Å². The van der Waals surface area contributed by atoms with Gasteiger partial charge in [-0.15, -0.1) is 0 Å². The van der Waals surface area contributed by atoms with Crippen molar-refractivity contribution in [3.63, 3.8) is 0 Å². The van der Waals surface area contributed by atoms with Crippen LogP contribution in [0.25, 0.3) is 0 Å². The van der Waals surface area contributed by atoms with Crippen LogP contribution in [0.4, 0.5) is 0 Å².